The van der Waals surface area contributed by atoms with Crippen LogP contribution in [0.5, 0.6) is 23.0 Å². The van der Waals surface area contributed by atoms with E-state index in [1.165, 1.54) is 0 Å². The molecule has 0 fully saturated rings. The van der Waals surface area contributed by atoms with Crippen LogP contribution in [0.2, 0.25) is 0 Å². The Morgan fingerprint density at radius 1 is 0.966 bits per heavy atom. The summed E-state index contributed by atoms with van der Waals surface area (Å²) in [6.45, 7) is 14.3. The molecule has 0 spiro atoms. The van der Waals surface area contributed by atoms with Gasteiger partial charge in [0.2, 0.25) is 6.29 Å². The molecule has 2 aromatic rings. The summed E-state index contributed by atoms with van der Waals surface area (Å²) in [5.74, 6) is 1.81. The van der Waals surface area contributed by atoms with Crippen LogP contribution in [0.1, 0.15) is 70.0 Å². The van der Waals surface area contributed by atoms with Crippen molar-refractivity contribution in [1.82, 2.24) is 0 Å². The fraction of sp³-hybridized carbons (Fsp3) is 0.458. The van der Waals surface area contributed by atoms with E-state index in [1.807, 2.05) is 12.1 Å². The minimum Gasteiger partial charge on any atom is -0.497 e. The number of hydrogen-bond acceptors (Lipinski definition) is 5. The molecule has 0 saturated heterocycles. The molecule has 29 heavy (non-hydrogen) atoms. The number of ether oxygens (including phenoxy) is 4. The molecule has 0 bridgehead atoms. The van der Waals surface area contributed by atoms with E-state index >= 15 is 0 Å². The van der Waals surface area contributed by atoms with Crippen LogP contribution < -0.4 is 18.9 Å². The van der Waals surface area contributed by atoms with Crippen LogP contribution in [-0.2, 0) is 10.8 Å². The standard InChI is InChI=1S/C24H30O5/c1-14-27-19-11-9-10-16(20(19)28-14)22(25)29-21-17(23(2,3)4)12-15(26-8)13-18(21)24(5,6)7/h9-14H,1-8H3/t14-/m0/s1. The first-order valence-corrected chi connectivity index (χ1v) is 9.83. The van der Waals surface area contributed by atoms with E-state index in [4.69, 9.17) is 18.9 Å². The van der Waals surface area contributed by atoms with Gasteiger partial charge in [0, 0.05) is 18.1 Å². The zero-order valence-corrected chi connectivity index (χ0v) is 18.5. The Kier molecular flexibility index (Phi) is 5.28. The van der Waals surface area contributed by atoms with Crippen LogP contribution >= 0.6 is 0 Å². The van der Waals surface area contributed by atoms with Crippen molar-refractivity contribution in [2.45, 2.75) is 65.6 Å². The highest BCUT2D eigenvalue weighted by molar-refractivity contribution is 5.95. The average Bonchev–Trinajstić information content (AvgIpc) is 2.99. The molecule has 0 N–H and O–H groups in total. The topological polar surface area (TPSA) is 54.0 Å². The minimum absolute atomic E-state index is 0.253. The third-order valence-electron chi connectivity index (χ3n) is 4.88. The second-order valence-corrected chi connectivity index (χ2v) is 9.38. The molecule has 1 atom stereocenters. The van der Waals surface area contributed by atoms with Crippen molar-refractivity contribution in [3.63, 3.8) is 0 Å². The van der Waals surface area contributed by atoms with E-state index in [9.17, 15) is 4.79 Å². The third kappa shape index (κ3) is 4.19. The Morgan fingerprint density at radius 3 is 2.07 bits per heavy atom. The van der Waals surface area contributed by atoms with E-state index in [0.29, 0.717) is 22.8 Å². The van der Waals surface area contributed by atoms with Gasteiger partial charge in [-0.15, -0.1) is 0 Å². The summed E-state index contributed by atoms with van der Waals surface area (Å²) >= 11 is 0. The lowest BCUT2D eigenvalue weighted by Gasteiger charge is -2.29. The number of rotatable bonds is 3. The zero-order valence-electron chi connectivity index (χ0n) is 18.5. The minimum atomic E-state index is -0.472. The predicted octanol–water partition coefficient (Wildman–Crippen LogP) is 5.63. The van der Waals surface area contributed by atoms with Crippen molar-refractivity contribution in [2.75, 3.05) is 7.11 Å². The van der Waals surface area contributed by atoms with Gasteiger partial charge in [-0.05, 0) is 35.1 Å². The Bertz CT molecular complexity index is 896. The number of hydrogen-bond donors (Lipinski definition) is 0. The van der Waals surface area contributed by atoms with Crippen molar-refractivity contribution < 1.29 is 23.7 Å². The molecule has 5 nitrogen and oxygen atoms in total. The molecule has 3 rings (SSSR count). The predicted molar refractivity (Wildman–Crippen MR) is 113 cm³/mol. The largest absolute Gasteiger partial charge is 0.497 e. The molecule has 2 aromatic carbocycles. The van der Waals surface area contributed by atoms with Crippen LogP contribution in [0.4, 0.5) is 0 Å². The van der Waals surface area contributed by atoms with Crippen LogP contribution in [0.15, 0.2) is 30.3 Å². The summed E-state index contributed by atoms with van der Waals surface area (Å²) in [5.41, 5.74) is 1.66. The van der Waals surface area contributed by atoms with Gasteiger partial charge in [0.1, 0.15) is 17.1 Å². The normalized spacial score (nSPS) is 15.9. The van der Waals surface area contributed by atoms with E-state index in [-0.39, 0.29) is 10.8 Å². The van der Waals surface area contributed by atoms with Crippen molar-refractivity contribution in [1.29, 1.82) is 0 Å². The first-order valence-electron chi connectivity index (χ1n) is 9.83. The molecule has 156 valence electrons. The van der Waals surface area contributed by atoms with Gasteiger partial charge in [-0.3, -0.25) is 0 Å². The summed E-state index contributed by atoms with van der Waals surface area (Å²) in [6, 6.07) is 9.12. The van der Waals surface area contributed by atoms with Crippen molar-refractivity contribution >= 4 is 5.97 Å². The van der Waals surface area contributed by atoms with E-state index in [2.05, 4.69) is 41.5 Å². The van der Waals surface area contributed by atoms with Crippen molar-refractivity contribution in [3.05, 3.63) is 47.0 Å². The lowest BCUT2D eigenvalue weighted by molar-refractivity contribution is 0.0640. The highest BCUT2D eigenvalue weighted by atomic mass is 16.7. The summed E-state index contributed by atoms with van der Waals surface area (Å²) in [6.07, 6.45) is -0.435. The maximum atomic E-state index is 13.2. The van der Waals surface area contributed by atoms with E-state index < -0.39 is 12.3 Å². The van der Waals surface area contributed by atoms with Gasteiger partial charge in [0.15, 0.2) is 11.5 Å². The van der Waals surface area contributed by atoms with Gasteiger partial charge in [0.05, 0.1) is 7.11 Å². The Labute approximate surface area is 172 Å². The monoisotopic (exact) mass is 398 g/mol. The second kappa shape index (κ2) is 7.29. The Hall–Kier alpha value is -2.69. The summed E-state index contributed by atoms with van der Waals surface area (Å²) < 4.78 is 22.8. The molecule has 0 aliphatic carbocycles. The van der Waals surface area contributed by atoms with Gasteiger partial charge >= 0.3 is 5.97 Å². The van der Waals surface area contributed by atoms with Gasteiger partial charge < -0.3 is 18.9 Å². The Morgan fingerprint density at radius 2 is 1.55 bits per heavy atom. The summed E-state index contributed by atoms with van der Waals surface area (Å²) in [5, 5.41) is 0. The number of methoxy groups -OCH3 is 1. The summed E-state index contributed by atoms with van der Waals surface area (Å²) in [4.78, 5) is 13.2. The van der Waals surface area contributed by atoms with E-state index in [1.54, 1.807) is 32.2 Å². The molecule has 1 heterocycles. The molecule has 5 heteroatoms. The first-order chi connectivity index (χ1) is 13.4. The maximum absolute atomic E-state index is 13.2. The number of benzene rings is 2. The average molecular weight is 398 g/mol. The molecule has 0 amide bonds. The first kappa shape index (κ1) is 21.0. The second-order valence-electron chi connectivity index (χ2n) is 9.38. The zero-order chi connectivity index (χ0) is 21.6. The highest BCUT2D eigenvalue weighted by Crippen LogP contribution is 2.44. The van der Waals surface area contributed by atoms with Gasteiger partial charge in [-0.1, -0.05) is 47.6 Å². The van der Waals surface area contributed by atoms with Crippen LogP contribution in [0.25, 0.3) is 0 Å². The van der Waals surface area contributed by atoms with Gasteiger partial charge in [-0.25, -0.2) is 4.79 Å². The molecule has 0 radical (unpaired) electrons. The molecular weight excluding hydrogens is 368 g/mol. The Balaban J connectivity index is 2.12. The highest BCUT2D eigenvalue weighted by Gasteiger charge is 2.32. The number of carbonyl (C=O) groups excluding carboxylic acids is 1. The fourth-order valence-corrected chi connectivity index (χ4v) is 3.35. The SMILES string of the molecule is COc1cc(C(C)(C)C)c(OC(=O)c2cccc3c2O[C@@H](C)O3)c(C(C)(C)C)c1. The summed E-state index contributed by atoms with van der Waals surface area (Å²) in [7, 11) is 1.64. The molecule has 0 aromatic heterocycles. The molecule has 0 unspecified atom stereocenters. The lowest BCUT2D eigenvalue weighted by atomic mass is 9.79. The number of para-hydroxylation sites is 1. The molecular formula is C24H30O5. The fourth-order valence-electron chi connectivity index (χ4n) is 3.35. The maximum Gasteiger partial charge on any atom is 0.347 e. The smallest absolute Gasteiger partial charge is 0.347 e. The van der Waals surface area contributed by atoms with Crippen LogP contribution in [0, 0.1) is 0 Å². The van der Waals surface area contributed by atoms with Gasteiger partial charge in [-0.2, -0.15) is 0 Å². The lowest BCUT2D eigenvalue weighted by Crippen LogP contribution is -2.22. The number of esters is 1. The van der Waals surface area contributed by atoms with Gasteiger partial charge in [0.25, 0.3) is 0 Å². The van der Waals surface area contributed by atoms with E-state index in [0.717, 1.165) is 16.9 Å². The van der Waals surface area contributed by atoms with Crippen LogP contribution in [0.3, 0.4) is 0 Å². The quantitative estimate of drug-likeness (QED) is 0.496. The number of fused-ring (bicyclic) bond motifs is 1. The molecule has 1 aliphatic rings. The molecule has 0 saturated carbocycles. The van der Waals surface area contributed by atoms with Crippen LogP contribution in [-0.4, -0.2) is 19.4 Å². The molecule has 1 aliphatic heterocycles. The number of carbonyl (C=O) groups is 1. The third-order valence-corrected chi connectivity index (χ3v) is 4.88. The van der Waals surface area contributed by atoms with Crippen molar-refractivity contribution in [3.8, 4) is 23.0 Å². The van der Waals surface area contributed by atoms with Crippen molar-refractivity contribution in [2.24, 2.45) is 0 Å².